The molecule has 1 saturated carbocycles. The van der Waals surface area contributed by atoms with Gasteiger partial charge in [-0.2, -0.15) is 0 Å². The highest BCUT2D eigenvalue weighted by Crippen LogP contribution is 2.41. The van der Waals surface area contributed by atoms with E-state index in [1.807, 2.05) is 31.3 Å². The Morgan fingerprint density at radius 2 is 2.00 bits per heavy atom. The van der Waals surface area contributed by atoms with Crippen LogP contribution in [0, 0.1) is 5.92 Å². The number of ether oxygens (including phenoxy) is 1. The molecule has 1 fully saturated rings. The monoisotopic (exact) mass is 269 g/mol. The van der Waals surface area contributed by atoms with E-state index in [4.69, 9.17) is 4.74 Å². The third kappa shape index (κ3) is 3.44. The van der Waals surface area contributed by atoms with E-state index in [0.717, 1.165) is 11.3 Å². The van der Waals surface area contributed by atoms with Gasteiger partial charge in [0.25, 0.3) is 0 Å². The number of hydrogen-bond donors (Lipinski definition) is 1. The fraction of sp³-hybridized carbons (Fsp3) is 0.600. The number of nitrogens with one attached hydrogen (secondary N) is 1. The molecule has 0 heterocycles. The van der Waals surface area contributed by atoms with Crippen LogP contribution in [-0.4, -0.2) is 20.1 Å². The molecule has 1 aliphatic carbocycles. The van der Waals surface area contributed by atoms with E-state index in [0.29, 0.717) is 12.8 Å². The fourth-order valence-electron chi connectivity index (χ4n) is 2.91. The van der Waals surface area contributed by atoms with E-state index in [2.05, 4.69) is 5.32 Å². The van der Waals surface area contributed by atoms with Gasteiger partial charge in [-0.25, -0.2) is 8.78 Å². The first-order chi connectivity index (χ1) is 9.05. The molecular formula is C15H21F2NO. The molecule has 2 nitrogen and oxygen atoms in total. The van der Waals surface area contributed by atoms with E-state index in [-0.39, 0.29) is 24.8 Å². The second-order valence-electron chi connectivity index (χ2n) is 5.24. The van der Waals surface area contributed by atoms with E-state index < -0.39 is 5.92 Å². The highest BCUT2D eigenvalue weighted by Gasteiger charge is 2.37. The van der Waals surface area contributed by atoms with Crippen LogP contribution in [-0.2, 0) is 0 Å². The lowest BCUT2D eigenvalue weighted by Gasteiger charge is -2.34. The highest BCUT2D eigenvalue weighted by atomic mass is 19.3. The lowest BCUT2D eigenvalue weighted by Crippen LogP contribution is -2.32. The quantitative estimate of drug-likeness (QED) is 0.898. The third-order valence-corrected chi connectivity index (χ3v) is 4.00. The van der Waals surface area contributed by atoms with Gasteiger partial charge < -0.3 is 10.1 Å². The maximum Gasteiger partial charge on any atom is 0.248 e. The van der Waals surface area contributed by atoms with Crippen molar-refractivity contribution in [1.82, 2.24) is 5.32 Å². The Bertz CT molecular complexity index is 412. The van der Waals surface area contributed by atoms with Gasteiger partial charge in [-0.05, 0) is 43.5 Å². The van der Waals surface area contributed by atoms with Crippen molar-refractivity contribution in [2.75, 3.05) is 14.2 Å². The first-order valence-corrected chi connectivity index (χ1v) is 6.75. The van der Waals surface area contributed by atoms with E-state index in [1.54, 1.807) is 7.11 Å². The van der Waals surface area contributed by atoms with Gasteiger partial charge in [0.15, 0.2) is 0 Å². The van der Waals surface area contributed by atoms with Crippen LogP contribution < -0.4 is 10.1 Å². The van der Waals surface area contributed by atoms with Crippen molar-refractivity contribution in [3.8, 4) is 5.75 Å². The Hall–Kier alpha value is -1.16. The van der Waals surface area contributed by atoms with Gasteiger partial charge in [0.1, 0.15) is 5.75 Å². The summed E-state index contributed by atoms with van der Waals surface area (Å²) in [4.78, 5) is 0. The molecule has 4 heteroatoms. The van der Waals surface area contributed by atoms with Gasteiger partial charge in [0.2, 0.25) is 5.92 Å². The first kappa shape index (κ1) is 14.3. The first-order valence-electron chi connectivity index (χ1n) is 6.75. The average molecular weight is 269 g/mol. The van der Waals surface area contributed by atoms with Crippen molar-refractivity contribution in [1.29, 1.82) is 0 Å². The molecule has 2 rings (SSSR count). The summed E-state index contributed by atoms with van der Waals surface area (Å²) in [5.74, 6) is -1.40. The normalized spacial score (nSPS) is 21.1. The smallest absolute Gasteiger partial charge is 0.248 e. The summed E-state index contributed by atoms with van der Waals surface area (Å²) in [6.07, 6.45) is 1.13. The number of benzene rings is 1. The number of rotatable bonds is 4. The molecule has 0 aliphatic heterocycles. The van der Waals surface area contributed by atoms with E-state index >= 15 is 0 Å². The van der Waals surface area contributed by atoms with Crippen LogP contribution in [0.2, 0.25) is 0 Å². The summed E-state index contributed by atoms with van der Waals surface area (Å²) in [5.41, 5.74) is 1.11. The number of halogens is 2. The van der Waals surface area contributed by atoms with E-state index in [9.17, 15) is 8.78 Å². The Balaban J connectivity index is 2.11. The summed E-state index contributed by atoms with van der Waals surface area (Å²) in [6, 6.07) is 7.96. The van der Waals surface area contributed by atoms with Gasteiger partial charge >= 0.3 is 0 Å². The molecule has 1 aromatic carbocycles. The van der Waals surface area contributed by atoms with Gasteiger partial charge in [0.05, 0.1) is 7.11 Å². The largest absolute Gasteiger partial charge is 0.497 e. The summed E-state index contributed by atoms with van der Waals surface area (Å²) < 4.78 is 31.7. The summed E-state index contributed by atoms with van der Waals surface area (Å²) in [5, 5.41) is 3.27. The van der Waals surface area contributed by atoms with Crippen molar-refractivity contribution in [2.24, 2.45) is 5.92 Å². The van der Waals surface area contributed by atoms with Gasteiger partial charge in [-0.3, -0.25) is 0 Å². The van der Waals surface area contributed by atoms with Crippen molar-refractivity contribution >= 4 is 0 Å². The molecule has 0 amide bonds. The second-order valence-corrected chi connectivity index (χ2v) is 5.24. The molecule has 1 unspecified atom stereocenters. The molecule has 1 aliphatic rings. The van der Waals surface area contributed by atoms with Crippen LogP contribution in [0.1, 0.15) is 37.3 Å². The van der Waals surface area contributed by atoms with Crippen LogP contribution in [0.5, 0.6) is 5.75 Å². The zero-order valence-corrected chi connectivity index (χ0v) is 11.5. The van der Waals surface area contributed by atoms with Crippen LogP contribution in [0.15, 0.2) is 24.3 Å². The van der Waals surface area contributed by atoms with Crippen molar-refractivity contribution in [3.05, 3.63) is 29.8 Å². The predicted molar refractivity (Wildman–Crippen MR) is 71.7 cm³/mol. The molecule has 1 aromatic rings. The summed E-state index contributed by atoms with van der Waals surface area (Å²) in [6.45, 7) is 0. The third-order valence-electron chi connectivity index (χ3n) is 4.00. The predicted octanol–water partition coefficient (Wildman–Crippen LogP) is 3.78. The number of hydrogen-bond acceptors (Lipinski definition) is 2. The molecule has 0 radical (unpaired) electrons. The van der Waals surface area contributed by atoms with Gasteiger partial charge in [0, 0.05) is 18.9 Å². The molecule has 0 aromatic heterocycles. The minimum absolute atomic E-state index is 0.000183. The molecule has 1 atom stereocenters. The second kappa shape index (κ2) is 5.87. The molecule has 1 N–H and O–H groups in total. The van der Waals surface area contributed by atoms with Crippen LogP contribution in [0.25, 0.3) is 0 Å². The summed E-state index contributed by atoms with van der Waals surface area (Å²) in [7, 11) is 3.52. The Morgan fingerprint density at radius 3 is 2.58 bits per heavy atom. The van der Waals surface area contributed by atoms with Crippen LogP contribution >= 0.6 is 0 Å². The molecule has 0 saturated heterocycles. The minimum Gasteiger partial charge on any atom is -0.497 e. The summed E-state index contributed by atoms with van der Waals surface area (Å²) >= 11 is 0. The minimum atomic E-state index is -2.47. The fourth-order valence-corrected chi connectivity index (χ4v) is 2.91. The SMILES string of the molecule is CNC(c1cccc(OC)c1)C1CCC(F)(F)CC1. The molecule has 0 bridgehead atoms. The standard InChI is InChI=1S/C15H21F2NO/c1-18-14(11-6-8-15(16,17)9-7-11)12-4-3-5-13(10-12)19-2/h3-5,10-11,14,18H,6-9H2,1-2H3. The van der Waals surface area contributed by atoms with Crippen molar-refractivity contribution in [2.45, 2.75) is 37.6 Å². The topological polar surface area (TPSA) is 21.3 Å². The van der Waals surface area contributed by atoms with Gasteiger partial charge in [-0.15, -0.1) is 0 Å². The zero-order valence-electron chi connectivity index (χ0n) is 11.5. The lowest BCUT2D eigenvalue weighted by atomic mass is 9.79. The van der Waals surface area contributed by atoms with Crippen molar-refractivity contribution in [3.63, 3.8) is 0 Å². The van der Waals surface area contributed by atoms with Crippen molar-refractivity contribution < 1.29 is 13.5 Å². The zero-order chi connectivity index (χ0) is 13.9. The van der Waals surface area contributed by atoms with Crippen LogP contribution in [0.4, 0.5) is 8.78 Å². The van der Waals surface area contributed by atoms with E-state index in [1.165, 1.54) is 0 Å². The Morgan fingerprint density at radius 1 is 1.32 bits per heavy atom. The van der Waals surface area contributed by atoms with Crippen LogP contribution in [0.3, 0.4) is 0 Å². The molecule has 0 spiro atoms. The maximum absolute atomic E-state index is 13.2. The molecule has 19 heavy (non-hydrogen) atoms. The Kier molecular flexibility index (Phi) is 4.40. The Labute approximate surface area is 113 Å². The molecular weight excluding hydrogens is 248 g/mol. The van der Waals surface area contributed by atoms with Gasteiger partial charge in [-0.1, -0.05) is 12.1 Å². The number of methoxy groups -OCH3 is 1. The highest BCUT2D eigenvalue weighted by molar-refractivity contribution is 5.31. The maximum atomic E-state index is 13.2. The number of alkyl halides is 2. The average Bonchev–Trinajstić information content (AvgIpc) is 2.41. The molecule has 106 valence electrons. The lowest BCUT2D eigenvalue weighted by molar-refractivity contribution is -0.0495.